The van der Waals surface area contributed by atoms with Crippen molar-refractivity contribution in [2.75, 3.05) is 0 Å². The van der Waals surface area contributed by atoms with E-state index in [0.717, 1.165) is 24.7 Å². The van der Waals surface area contributed by atoms with Gasteiger partial charge in [0, 0.05) is 12.6 Å². The number of hydrogen-bond donors (Lipinski definition) is 0. The highest BCUT2D eigenvalue weighted by atomic mass is 19.1. The molecule has 0 spiro atoms. The SMILES string of the molecule is O=C1CCCc2nc(-c3ccc(F)cn3)ncc21. The third kappa shape index (κ3) is 1.88. The van der Waals surface area contributed by atoms with Gasteiger partial charge in [-0.05, 0) is 25.0 Å². The van der Waals surface area contributed by atoms with Crippen LogP contribution in [0.5, 0.6) is 0 Å². The number of carbonyl (C=O) groups is 1. The van der Waals surface area contributed by atoms with Crippen molar-refractivity contribution in [2.45, 2.75) is 19.3 Å². The summed E-state index contributed by atoms with van der Waals surface area (Å²) in [5.41, 5.74) is 1.88. The number of aromatic nitrogens is 3. The van der Waals surface area contributed by atoms with Gasteiger partial charge in [-0.15, -0.1) is 0 Å². The first-order valence-electron chi connectivity index (χ1n) is 5.75. The third-order valence-corrected chi connectivity index (χ3v) is 2.94. The molecule has 0 saturated heterocycles. The number of ketones is 1. The lowest BCUT2D eigenvalue weighted by Gasteiger charge is -2.13. The maximum atomic E-state index is 12.8. The van der Waals surface area contributed by atoms with Gasteiger partial charge in [0.05, 0.1) is 17.5 Å². The van der Waals surface area contributed by atoms with E-state index in [9.17, 15) is 9.18 Å². The Labute approximate surface area is 103 Å². The van der Waals surface area contributed by atoms with Crippen LogP contribution in [0, 0.1) is 5.82 Å². The Kier molecular flexibility index (Phi) is 2.59. The zero-order chi connectivity index (χ0) is 12.5. The topological polar surface area (TPSA) is 55.7 Å². The molecule has 2 aromatic heterocycles. The summed E-state index contributed by atoms with van der Waals surface area (Å²) in [5, 5.41) is 0. The van der Waals surface area contributed by atoms with Gasteiger partial charge in [-0.3, -0.25) is 4.79 Å². The van der Waals surface area contributed by atoms with Crippen molar-refractivity contribution in [2.24, 2.45) is 0 Å². The Morgan fingerprint density at radius 2 is 2.00 bits per heavy atom. The number of fused-ring (bicyclic) bond motifs is 1. The van der Waals surface area contributed by atoms with Gasteiger partial charge < -0.3 is 0 Å². The fourth-order valence-electron chi connectivity index (χ4n) is 2.02. The van der Waals surface area contributed by atoms with Crippen LogP contribution < -0.4 is 0 Å². The Morgan fingerprint density at radius 3 is 2.78 bits per heavy atom. The molecule has 3 rings (SSSR count). The quantitative estimate of drug-likeness (QED) is 0.770. The normalized spacial score (nSPS) is 14.4. The smallest absolute Gasteiger partial charge is 0.178 e. The molecule has 0 fully saturated rings. The minimum absolute atomic E-state index is 0.0925. The molecular weight excluding hydrogens is 233 g/mol. The molecule has 2 aromatic rings. The second-order valence-electron chi connectivity index (χ2n) is 4.19. The van der Waals surface area contributed by atoms with E-state index in [-0.39, 0.29) is 5.78 Å². The van der Waals surface area contributed by atoms with Crippen molar-refractivity contribution in [1.29, 1.82) is 0 Å². The number of hydrogen-bond acceptors (Lipinski definition) is 4. The van der Waals surface area contributed by atoms with Crippen LogP contribution >= 0.6 is 0 Å². The van der Waals surface area contributed by atoms with Gasteiger partial charge in [-0.25, -0.2) is 19.3 Å². The molecule has 5 heteroatoms. The molecule has 0 aromatic carbocycles. The highest BCUT2D eigenvalue weighted by Gasteiger charge is 2.19. The van der Waals surface area contributed by atoms with Crippen molar-refractivity contribution in [3.05, 3.63) is 41.6 Å². The van der Waals surface area contributed by atoms with E-state index in [0.29, 0.717) is 23.5 Å². The lowest BCUT2D eigenvalue weighted by molar-refractivity contribution is 0.0971. The molecule has 1 aliphatic carbocycles. The van der Waals surface area contributed by atoms with Crippen molar-refractivity contribution >= 4 is 5.78 Å². The summed E-state index contributed by atoms with van der Waals surface area (Å²) in [5.74, 6) is 0.130. The summed E-state index contributed by atoms with van der Waals surface area (Å²) in [6.45, 7) is 0. The molecule has 0 aliphatic heterocycles. The van der Waals surface area contributed by atoms with Gasteiger partial charge in [-0.2, -0.15) is 0 Å². The van der Waals surface area contributed by atoms with Crippen LogP contribution in [-0.4, -0.2) is 20.7 Å². The van der Waals surface area contributed by atoms with Crippen LogP contribution in [0.1, 0.15) is 28.9 Å². The van der Waals surface area contributed by atoms with Crippen LogP contribution in [0.25, 0.3) is 11.5 Å². The van der Waals surface area contributed by atoms with Gasteiger partial charge in [0.1, 0.15) is 11.5 Å². The molecule has 0 saturated carbocycles. The summed E-state index contributed by atoms with van der Waals surface area (Å²) >= 11 is 0. The van der Waals surface area contributed by atoms with Crippen molar-refractivity contribution in [3.8, 4) is 11.5 Å². The summed E-state index contributed by atoms with van der Waals surface area (Å²) < 4.78 is 12.8. The fourth-order valence-corrected chi connectivity index (χ4v) is 2.02. The van der Waals surface area contributed by atoms with Crippen molar-refractivity contribution in [1.82, 2.24) is 15.0 Å². The second-order valence-corrected chi connectivity index (χ2v) is 4.19. The molecule has 90 valence electrons. The summed E-state index contributed by atoms with van der Waals surface area (Å²) in [7, 11) is 0. The van der Waals surface area contributed by atoms with E-state index in [1.165, 1.54) is 12.1 Å². The van der Waals surface area contributed by atoms with Crippen LogP contribution in [-0.2, 0) is 6.42 Å². The number of carbonyl (C=O) groups excluding carboxylic acids is 1. The van der Waals surface area contributed by atoms with Gasteiger partial charge >= 0.3 is 0 Å². The maximum absolute atomic E-state index is 12.8. The summed E-state index contributed by atoms with van der Waals surface area (Å²) in [6, 6.07) is 2.85. The highest BCUT2D eigenvalue weighted by Crippen LogP contribution is 2.21. The first-order chi connectivity index (χ1) is 8.74. The molecule has 0 unspecified atom stereocenters. The van der Waals surface area contributed by atoms with E-state index in [2.05, 4.69) is 15.0 Å². The summed E-state index contributed by atoms with van der Waals surface area (Å²) in [6.07, 6.45) is 4.83. The van der Waals surface area contributed by atoms with Gasteiger partial charge in [0.25, 0.3) is 0 Å². The lowest BCUT2D eigenvalue weighted by Crippen LogP contribution is -2.14. The van der Waals surface area contributed by atoms with Gasteiger partial charge in [0.15, 0.2) is 11.6 Å². The predicted octanol–water partition coefficient (Wildman–Crippen LogP) is 2.20. The van der Waals surface area contributed by atoms with Crippen molar-refractivity contribution in [3.63, 3.8) is 0 Å². The minimum Gasteiger partial charge on any atom is -0.294 e. The molecule has 0 N–H and O–H groups in total. The first kappa shape index (κ1) is 11.0. The lowest BCUT2D eigenvalue weighted by atomic mass is 9.96. The molecule has 0 atom stereocenters. The Morgan fingerprint density at radius 1 is 1.11 bits per heavy atom. The van der Waals surface area contributed by atoms with E-state index in [1.807, 2.05) is 0 Å². The fraction of sp³-hybridized carbons (Fsp3) is 0.231. The van der Waals surface area contributed by atoms with E-state index < -0.39 is 5.82 Å². The molecule has 2 heterocycles. The predicted molar refractivity (Wildman–Crippen MR) is 62.5 cm³/mol. The number of aryl methyl sites for hydroxylation is 1. The first-order valence-corrected chi connectivity index (χ1v) is 5.75. The van der Waals surface area contributed by atoms with E-state index in [1.54, 1.807) is 6.20 Å². The highest BCUT2D eigenvalue weighted by molar-refractivity contribution is 5.97. The maximum Gasteiger partial charge on any atom is 0.178 e. The van der Waals surface area contributed by atoms with Crippen molar-refractivity contribution < 1.29 is 9.18 Å². The zero-order valence-electron chi connectivity index (χ0n) is 9.56. The number of pyridine rings is 1. The standard InChI is InChI=1S/C13H10FN3O/c14-8-4-5-11(15-6-8)13-16-7-9-10(17-13)2-1-3-12(9)18/h4-7H,1-3H2. The molecule has 0 radical (unpaired) electrons. The Hall–Kier alpha value is -2.17. The third-order valence-electron chi connectivity index (χ3n) is 2.94. The van der Waals surface area contributed by atoms with Crippen LogP contribution in [0.3, 0.4) is 0 Å². The van der Waals surface area contributed by atoms with Crippen LogP contribution in [0.4, 0.5) is 4.39 Å². The molecule has 0 bridgehead atoms. The minimum atomic E-state index is -0.396. The molecule has 4 nitrogen and oxygen atoms in total. The Bertz CT molecular complexity index is 610. The number of Topliss-reactive ketones (excluding diaryl/α,β-unsaturated/α-hetero) is 1. The number of nitrogens with zero attached hydrogens (tertiary/aromatic N) is 3. The Balaban J connectivity index is 2.04. The van der Waals surface area contributed by atoms with Gasteiger partial charge in [0.2, 0.25) is 0 Å². The average Bonchev–Trinajstić information content (AvgIpc) is 2.39. The zero-order valence-corrected chi connectivity index (χ0v) is 9.56. The molecular formula is C13H10FN3O. The summed E-state index contributed by atoms with van der Waals surface area (Å²) in [4.78, 5) is 24.0. The molecule has 0 amide bonds. The van der Waals surface area contributed by atoms with E-state index in [4.69, 9.17) is 0 Å². The average molecular weight is 243 g/mol. The largest absolute Gasteiger partial charge is 0.294 e. The second kappa shape index (κ2) is 4.25. The molecule has 18 heavy (non-hydrogen) atoms. The number of rotatable bonds is 1. The van der Waals surface area contributed by atoms with Crippen LogP contribution in [0.15, 0.2) is 24.5 Å². The number of halogens is 1. The van der Waals surface area contributed by atoms with E-state index >= 15 is 0 Å². The monoisotopic (exact) mass is 243 g/mol. The van der Waals surface area contributed by atoms with Gasteiger partial charge in [-0.1, -0.05) is 0 Å². The van der Waals surface area contributed by atoms with Crippen LogP contribution in [0.2, 0.25) is 0 Å². The molecule has 1 aliphatic rings.